The highest BCUT2D eigenvalue weighted by Gasteiger charge is 2.16. The number of carbonyl (C=O) groups excluding carboxylic acids is 2. The number of rotatable bonds is 9. The van der Waals surface area contributed by atoms with Crippen LogP contribution in [0.5, 0.6) is 11.5 Å². The number of nitrogens with zero attached hydrogens (tertiary/aromatic N) is 2. The van der Waals surface area contributed by atoms with E-state index in [-0.39, 0.29) is 11.8 Å². The predicted octanol–water partition coefficient (Wildman–Crippen LogP) is 3.69. The first-order valence-electron chi connectivity index (χ1n) is 10.4. The van der Waals surface area contributed by atoms with Crippen molar-refractivity contribution in [3.05, 3.63) is 89.2 Å². The van der Waals surface area contributed by atoms with Crippen molar-refractivity contribution in [1.29, 1.82) is 0 Å². The Bertz CT molecular complexity index is 1050. The lowest BCUT2D eigenvalue weighted by molar-refractivity contribution is 0.0784. The van der Waals surface area contributed by atoms with Gasteiger partial charge in [-0.25, -0.2) is 0 Å². The molecule has 1 heterocycles. The third-order valence-electron chi connectivity index (χ3n) is 4.82. The van der Waals surface area contributed by atoms with Crippen LogP contribution in [0.1, 0.15) is 38.8 Å². The largest absolute Gasteiger partial charge is 0.490 e. The monoisotopic (exact) mass is 433 g/mol. The number of amides is 2. The second-order valence-corrected chi connectivity index (χ2v) is 7.18. The van der Waals surface area contributed by atoms with Gasteiger partial charge in [-0.05, 0) is 48.9 Å². The highest BCUT2D eigenvalue weighted by atomic mass is 16.5. The topological polar surface area (TPSA) is 80.8 Å². The van der Waals surface area contributed by atoms with Gasteiger partial charge >= 0.3 is 0 Å². The number of hydrogen-bond acceptors (Lipinski definition) is 5. The lowest BCUT2D eigenvalue weighted by Gasteiger charge is -2.19. The SMILES string of the molecule is CCOc1cc(C(=O)N(C)Cc2ccc(C(=O)NC)cc2)ccc1OCc1cccnc1. The van der Waals surface area contributed by atoms with Crippen molar-refractivity contribution < 1.29 is 19.1 Å². The molecule has 0 bridgehead atoms. The third kappa shape index (κ3) is 5.85. The Morgan fingerprint density at radius 3 is 2.38 bits per heavy atom. The highest BCUT2D eigenvalue weighted by Crippen LogP contribution is 2.30. The Labute approximate surface area is 188 Å². The van der Waals surface area contributed by atoms with Crippen LogP contribution in [0.2, 0.25) is 0 Å². The van der Waals surface area contributed by atoms with Gasteiger partial charge in [-0.2, -0.15) is 0 Å². The number of pyridine rings is 1. The number of aromatic nitrogens is 1. The molecule has 2 aromatic carbocycles. The zero-order valence-electron chi connectivity index (χ0n) is 18.5. The second-order valence-electron chi connectivity index (χ2n) is 7.18. The van der Waals surface area contributed by atoms with Crippen molar-refractivity contribution in [2.45, 2.75) is 20.1 Å². The summed E-state index contributed by atoms with van der Waals surface area (Å²) < 4.78 is 11.6. The molecular weight excluding hydrogens is 406 g/mol. The summed E-state index contributed by atoms with van der Waals surface area (Å²) in [5, 5.41) is 2.59. The summed E-state index contributed by atoms with van der Waals surface area (Å²) in [6, 6.07) is 16.1. The number of benzene rings is 2. The zero-order chi connectivity index (χ0) is 22.9. The van der Waals surface area contributed by atoms with Gasteiger partial charge < -0.3 is 19.7 Å². The van der Waals surface area contributed by atoms with E-state index in [4.69, 9.17) is 9.47 Å². The summed E-state index contributed by atoms with van der Waals surface area (Å²) in [6.07, 6.45) is 3.46. The summed E-state index contributed by atoms with van der Waals surface area (Å²) in [5.41, 5.74) is 2.95. The van der Waals surface area contributed by atoms with Gasteiger partial charge in [0.15, 0.2) is 11.5 Å². The van der Waals surface area contributed by atoms with Gasteiger partial charge in [-0.1, -0.05) is 18.2 Å². The minimum atomic E-state index is -0.143. The molecule has 1 aromatic heterocycles. The maximum Gasteiger partial charge on any atom is 0.254 e. The Hall–Kier alpha value is -3.87. The number of hydrogen-bond donors (Lipinski definition) is 1. The van der Waals surface area contributed by atoms with Gasteiger partial charge in [0.25, 0.3) is 11.8 Å². The van der Waals surface area contributed by atoms with Crippen molar-refractivity contribution in [1.82, 2.24) is 15.2 Å². The molecule has 0 unspecified atom stereocenters. The summed E-state index contributed by atoms with van der Waals surface area (Å²) in [6.45, 7) is 3.10. The molecular formula is C25H27N3O4. The average Bonchev–Trinajstić information content (AvgIpc) is 2.83. The van der Waals surface area contributed by atoms with Crippen LogP contribution in [0, 0.1) is 0 Å². The first kappa shape index (κ1) is 22.8. The van der Waals surface area contributed by atoms with Crippen LogP contribution in [0.25, 0.3) is 0 Å². The van der Waals surface area contributed by atoms with E-state index in [2.05, 4.69) is 10.3 Å². The van der Waals surface area contributed by atoms with Crippen molar-refractivity contribution in [2.75, 3.05) is 20.7 Å². The fraction of sp³-hybridized carbons (Fsp3) is 0.240. The molecule has 0 aliphatic carbocycles. The molecule has 3 rings (SSSR count). The van der Waals surface area contributed by atoms with Crippen LogP contribution in [-0.2, 0) is 13.2 Å². The van der Waals surface area contributed by atoms with Crippen molar-refractivity contribution in [2.24, 2.45) is 0 Å². The van der Waals surface area contributed by atoms with Gasteiger partial charge in [-0.3, -0.25) is 14.6 Å². The maximum atomic E-state index is 13.0. The Balaban J connectivity index is 1.69. The normalized spacial score (nSPS) is 10.3. The molecule has 7 nitrogen and oxygen atoms in total. The molecule has 0 atom stereocenters. The molecule has 0 radical (unpaired) electrons. The van der Waals surface area contributed by atoms with Crippen LogP contribution in [0.4, 0.5) is 0 Å². The van der Waals surface area contributed by atoms with Crippen molar-refractivity contribution in [3.8, 4) is 11.5 Å². The Kier molecular flexibility index (Phi) is 7.80. The summed E-state index contributed by atoms with van der Waals surface area (Å²) in [4.78, 5) is 30.4. The van der Waals surface area contributed by atoms with Crippen LogP contribution < -0.4 is 14.8 Å². The van der Waals surface area contributed by atoms with E-state index < -0.39 is 0 Å². The third-order valence-corrected chi connectivity index (χ3v) is 4.82. The van der Waals surface area contributed by atoms with Crippen molar-refractivity contribution in [3.63, 3.8) is 0 Å². The molecule has 2 amide bonds. The first-order chi connectivity index (χ1) is 15.5. The molecule has 0 aliphatic rings. The Morgan fingerprint density at radius 1 is 0.969 bits per heavy atom. The van der Waals surface area contributed by atoms with Crippen LogP contribution in [0.15, 0.2) is 67.0 Å². The van der Waals surface area contributed by atoms with Gasteiger partial charge in [0.1, 0.15) is 6.61 Å². The molecule has 0 saturated carbocycles. The van der Waals surface area contributed by atoms with E-state index in [9.17, 15) is 9.59 Å². The minimum Gasteiger partial charge on any atom is -0.490 e. The number of nitrogens with one attached hydrogen (secondary N) is 1. The molecule has 0 fully saturated rings. The molecule has 0 spiro atoms. The molecule has 32 heavy (non-hydrogen) atoms. The second kappa shape index (κ2) is 10.9. The van der Waals surface area contributed by atoms with Crippen molar-refractivity contribution >= 4 is 11.8 Å². The van der Waals surface area contributed by atoms with Gasteiger partial charge in [0, 0.05) is 49.7 Å². The predicted molar refractivity (Wildman–Crippen MR) is 122 cm³/mol. The van der Waals surface area contributed by atoms with Gasteiger partial charge in [0.05, 0.1) is 6.61 Å². The molecule has 1 N–H and O–H groups in total. The van der Waals surface area contributed by atoms with E-state index in [1.807, 2.05) is 31.2 Å². The maximum absolute atomic E-state index is 13.0. The van der Waals surface area contributed by atoms with Crippen LogP contribution in [-0.4, -0.2) is 42.4 Å². The molecule has 0 aliphatic heterocycles. The quantitative estimate of drug-likeness (QED) is 0.557. The molecule has 166 valence electrons. The van der Waals surface area contributed by atoms with E-state index in [0.717, 1.165) is 11.1 Å². The summed E-state index contributed by atoms with van der Waals surface area (Å²) >= 11 is 0. The van der Waals surface area contributed by atoms with Crippen LogP contribution >= 0.6 is 0 Å². The van der Waals surface area contributed by atoms with E-state index in [0.29, 0.717) is 42.4 Å². The first-order valence-corrected chi connectivity index (χ1v) is 10.4. The summed E-state index contributed by atoms with van der Waals surface area (Å²) in [7, 11) is 3.33. The van der Waals surface area contributed by atoms with E-state index in [1.54, 1.807) is 61.7 Å². The standard InChI is InChI=1S/C25H27N3O4/c1-4-31-23-14-21(11-12-22(23)32-17-19-6-5-13-27-15-19)25(30)28(3)16-18-7-9-20(10-8-18)24(29)26-2/h5-15H,4,16-17H2,1-3H3,(H,26,29). The smallest absolute Gasteiger partial charge is 0.254 e. The molecule has 0 saturated heterocycles. The average molecular weight is 434 g/mol. The minimum absolute atomic E-state index is 0.139. The lowest BCUT2D eigenvalue weighted by Crippen LogP contribution is -2.26. The molecule has 7 heteroatoms. The fourth-order valence-corrected chi connectivity index (χ4v) is 3.15. The highest BCUT2D eigenvalue weighted by molar-refractivity contribution is 5.95. The van der Waals surface area contributed by atoms with Gasteiger partial charge in [0.2, 0.25) is 0 Å². The molecule has 3 aromatic rings. The number of ether oxygens (including phenoxy) is 2. The fourth-order valence-electron chi connectivity index (χ4n) is 3.15. The van der Waals surface area contributed by atoms with E-state index >= 15 is 0 Å². The zero-order valence-corrected chi connectivity index (χ0v) is 18.5. The summed E-state index contributed by atoms with van der Waals surface area (Å²) in [5.74, 6) is 0.806. The lowest BCUT2D eigenvalue weighted by atomic mass is 10.1. The van der Waals surface area contributed by atoms with Crippen LogP contribution in [0.3, 0.4) is 0 Å². The number of carbonyl (C=O) groups is 2. The van der Waals surface area contributed by atoms with Gasteiger partial charge in [-0.15, -0.1) is 0 Å². The Morgan fingerprint density at radius 2 is 1.72 bits per heavy atom. The van der Waals surface area contributed by atoms with E-state index in [1.165, 1.54) is 0 Å².